The van der Waals surface area contributed by atoms with Crippen molar-refractivity contribution in [2.75, 3.05) is 6.54 Å². The highest BCUT2D eigenvalue weighted by atomic mass is 15.4. The summed E-state index contributed by atoms with van der Waals surface area (Å²) < 4.78 is 0. The summed E-state index contributed by atoms with van der Waals surface area (Å²) in [6, 6.07) is 1.34. The normalized spacial score (nSPS) is 36.5. The van der Waals surface area contributed by atoms with E-state index in [0.717, 1.165) is 30.4 Å². The third kappa shape index (κ3) is 2.61. The van der Waals surface area contributed by atoms with Gasteiger partial charge in [-0.05, 0) is 55.8 Å². The Morgan fingerprint density at radius 1 is 1.05 bits per heavy atom. The molecule has 0 saturated heterocycles. The molecule has 3 heteroatoms. The SMILES string of the molecule is CC(C)(C)C1CCC(C2CN=C(N)N2C2CC2)CC1. The molecule has 2 saturated carbocycles. The molecular weight excluding hydrogens is 234 g/mol. The molecule has 3 rings (SSSR count). The van der Waals surface area contributed by atoms with Crippen LogP contribution >= 0.6 is 0 Å². The van der Waals surface area contributed by atoms with E-state index in [2.05, 4.69) is 30.7 Å². The molecule has 0 aromatic heterocycles. The minimum absolute atomic E-state index is 0.479. The van der Waals surface area contributed by atoms with Gasteiger partial charge in [0, 0.05) is 6.04 Å². The standard InChI is InChI=1S/C16H29N3/c1-16(2,3)12-6-4-11(5-7-12)14-10-18-15(17)19(14)13-8-9-13/h11-14H,4-10H2,1-3H3,(H2,17,18). The maximum Gasteiger partial charge on any atom is 0.191 e. The monoisotopic (exact) mass is 263 g/mol. The highest BCUT2D eigenvalue weighted by Gasteiger charge is 2.43. The minimum Gasteiger partial charge on any atom is -0.370 e. The first-order chi connectivity index (χ1) is 8.97. The summed E-state index contributed by atoms with van der Waals surface area (Å²) in [6.45, 7) is 8.13. The van der Waals surface area contributed by atoms with Crippen LogP contribution in [0.4, 0.5) is 0 Å². The average Bonchev–Trinajstić information content (AvgIpc) is 3.12. The average molecular weight is 263 g/mol. The molecule has 19 heavy (non-hydrogen) atoms. The van der Waals surface area contributed by atoms with E-state index >= 15 is 0 Å². The Bertz CT molecular complexity index is 357. The Hall–Kier alpha value is -0.730. The molecule has 1 aliphatic heterocycles. The Morgan fingerprint density at radius 2 is 1.68 bits per heavy atom. The van der Waals surface area contributed by atoms with Gasteiger partial charge in [0.15, 0.2) is 5.96 Å². The lowest BCUT2D eigenvalue weighted by Crippen LogP contribution is -2.47. The van der Waals surface area contributed by atoms with Gasteiger partial charge in [-0.25, -0.2) is 0 Å². The molecule has 0 aromatic carbocycles. The first-order valence-electron chi connectivity index (χ1n) is 8.05. The van der Waals surface area contributed by atoms with Gasteiger partial charge >= 0.3 is 0 Å². The fraction of sp³-hybridized carbons (Fsp3) is 0.938. The summed E-state index contributed by atoms with van der Waals surface area (Å²) in [4.78, 5) is 6.98. The van der Waals surface area contributed by atoms with Gasteiger partial charge in [-0.2, -0.15) is 0 Å². The van der Waals surface area contributed by atoms with Crippen molar-refractivity contribution >= 4 is 5.96 Å². The van der Waals surface area contributed by atoms with E-state index < -0.39 is 0 Å². The summed E-state index contributed by atoms with van der Waals surface area (Å²) in [5, 5.41) is 0. The molecule has 0 aromatic rings. The number of nitrogens with zero attached hydrogens (tertiary/aromatic N) is 2. The topological polar surface area (TPSA) is 41.6 Å². The van der Waals surface area contributed by atoms with Gasteiger partial charge in [0.1, 0.15) is 0 Å². The second-order valence-electron chi connectivity index (χ2n) is 7.88. The van der Waals surface area contributed by atoms with Crippen molar-refractivity contribution in [3.8, 4) is 0 Å². The molecule has 0 spiro atoms. The predicted octanol–water partition coefficient (Wildman–Crippen LogP) is 3.00. The molecule has 2 fully saturated rings. The van der Waals surface area contributed by atoms with Crippen LogP contribution in [0.15, 0.2) is 4.99 Å². The summed E-state index contributed by atoms with van der Waals surface area (Å²) in [5.41, 5.74) is 6.57. The summed E-state index contributed by atoms with van der Waals surface area (Å²) >= 11 is 0. The fourth-order valence-corrected chi connectivity index (χ4v) is 4.08. The van der Waals surface area contributed by atoms with Crippen LogP contribution in [0.1, 0.15) is 59.3 Å². The van der Waals surface area contributed by atoms with Crippen molar-refractivity contribution in [1.82, 2.24) is 4.90 Å². The quantitative estimate of drug-likeness (QED) is 0.832. The Kier molecular flexibility index (Phi) is 3.26. The number of hydrogen-bond acceptors (Lipinski definition) is 3. The summed E-state index contributed by atoms with van der Waals surface area (Å²) in [5.74, 6) is 2.55. The van der Waals surface area contributed by atoms with Gasteiger partial charge in [-0.3, -0.25) is 4.99 Å². The maximum atomic E-state index is 6.09. The molecule has 2 aliphatic carbocycles. The lowest BCUT2D eigenvalue weighted by atomic mass is 9.68. The molecule has 108 valence electrons. The van der Waals surface area contributed by atoms with Crippen LogP contribution in [0.2, 0.25) is 0 Å². The first-order valence-corrected chi connectivity index (χ1v) is 8.05. The van der Waals surface area contributed by atoms with Gasteiger partial charge in [0.05, 0.1) is 12.6 Å². The second-order valence-corrected chi connectivity index (χ2v) is 7.88. The fourth-order valence-electron chi connectivity index (χ4n) is 4.08. The van der Waals surface area contributed by atoms with Crippen LogP contribution in [0.25, 0.3) is 0 Å². The summed E-state index contributed by atoms with van der Waals surface area (Å²) in [7, 11) is 0. The molecule has 0 radical (unpaired) electrons. The van der Waals surface area contributed by atoms with E-state index in [1.807, 2.05) is 0 Å². The zero-order valence-corrected chi connectivity index (χ0v) is 12.7. The van der Waals surface area contributed by atoms with Crippen molar-refractivity contribution in [3.05, 3.63) is 0 Å². The minimum atomic E-state index is 0.479. The van der Waals surface area contributed by atoms with Crippen LogP contribution in [-0.2, 0) is 0 Å². The zero-order chi connectivity index (χ0) is 13.6. The van der Waals surface area contributed by atoms with Gasteiger partial charge in [-0.15, -0.1) is 0 Å². The number of guanidine groups is 1. The Morgan fingerprint density at radius 3 is 2.21 bits per heavy atom. The number of rotatable bonds is 2. The number of nitrogens with two attached hydrogens (primary N) is 1. The molecule has 0 amide bonds. The van der Waals surface area contributed by atoms with Crippen LogP contribution in [0.3, 0.4) is 0 Å². The van der Waals surface area contributed by atoms with Crippen molar-refractivity contribution in [1.29, 1.82) is 0 Å². The van der Waals surface area contributed by atoms with E-state index in [1.165, 1.54) is 38.5 Å². The molecule has 1 unspecified atom stereocenters. The van der Waals surface area contributed by atoms with Crippen LogP contribution in [-0.4, -0.2) is 29.5 Å². The smallest absolute Gasteiger partial charge is 0.191 e. The predicted molar refractivity (Wildman–Crippen MR) is 80.0 cm³/mol. The van der Waals surface area contributed by atoms with Crippen LogP contribution < -0.4 is 5.73 Å². The molecule has 2 N–H and O–H groups in total. The van der Waals surface area contributed by atoms with Gasteiger partial charge < -0.3 is 10.6 Å². The Labute approximate surface area is 117 Å². The molecule has 1 atom stereocenters. The van der Waals surface area contributed by atoms with Gasteiger partial charge in [0.2, 0.25) is 0 Å². The van der Waals surface area contributed by atoms with E-state index in [4.69, 9.17) is 5.73 Å². The van der Waals surface area contributed by atoms with Crippen LogP contribution in [0.5, 0.6) is 0 Å². The highest BCUT2D eigenvalue weighted by Crippen LogP contribution is 2.43. The zero-order valence-electron chi connectivity index (χ0n) is 12.7. The molecule has 0 bridgehead atoms. The van der Waals surface area contributed by atoms with Crippen molar-refractivity contribution in [2.24, 2.45) is 28.0 Å². The van der Waals surface area contributed by atoms with E-state index in [1.54, 1.807) is 0 Å². The molecular formula is C16H29N3. The van der Waals surface area contributed by atoms with Gasteiger partial charge in [0.25, 0.3) is 0 Å². The maximum absolute atomic E-state index is 6.09. The van der Waals surface area contributed by atoms with Crippen molar-refractivity contribution in [3.63, 3.8) is 0 Å². The third-order valence-electron chi connectivity index (χ3n) is 5.54. The van der Waals surface area contributed by atoms with E-state index in [0.29, 0.717) is 11.5 Å². The Balaban J connectivity index is 1.60. The molecule has 3 nitrogen and oxygen atoms in total. The van der Waals surface area contributed by atoms with E-state index in [9.17, 15) is 0 Å². The largest absolute Gasteiger partial charge is 0.370 e. The van der Waals surface area contributed by atoms with E-state index in [-0.39, 0.29) is 0 Å². The van der Waals surface area contributed by atoms with Gasteiger partial charge in [-0.1, -0.05) is 20.8 Å². The lowest BCUT2D eigenvalue weighted by molar-refractivity contribution is 0.114. The van der Waals surface area contributed by atoms with Crippen molar-refractivity contribution in [2.45, 2.75) is 71.4 Å². The lowest BCUT2D eigenvalue weighted by Gasteiger charge is -2.41. The molecule has 3 aliphatic rings. The van der Waals surface area contributed by atoms with Crippen molar-refractivity contribution < 1.29 is 0 Å². The molecule has 1 heterocycles. The number of hydrogen-bond donors (Lipinski definition) is 1. The summed E-state index contributed by atoms with van der Waals surface area (Å²) in [6.07, 6.45) is 8.18. The number of aliphatic imine (C=N–C) groups is 1. The second kappa shape index (κ2) is 4.68. The first kappa shape index (κ1) is 13.3. The van der Waals surface area contributed by atoms with Crippen LogP contribution in [0, 0.1) is 17.3 Å². The highest BCUT2D eigenvalue weighted by molar-refractivity contribution is 5.80. The third-order valence-corrected chi connectivity index (χ3v) is 5.54.